The Morgan fingerprint density at radius 2 is 2.29 bits per heavy atom. The number of H-pyrrole nitrogens is 1. The minimum absolute atomic E-state index is 0.0733. The van der Waals surface area contributed by atoms with Gasteiger partial charge in [0.25, 0.3) is 5.56 Å². The van der Waals surface area contributed by atoms with Crippen LogP contribution in [-0.2, 0) is 24.8 Å². The highest BCUT2D eigenvalue weighted by molar-refractivity contribution is 7.71. The Morgan fingerprint density at radius 3 is 3.00 bits per heavy atom. The van der Waals surface area contributed by atoms with Crippen LogP contribution in [0.5, 0.6) is 0 Å². The van der Waals surface area contributed by atoms with Crippen LogP contribution < -0.4 is 5.56 Å². The minimum Gasteiger partial charge on any atom is -0.450 e. The molecule has 0 spiro atoms. The van der Waals surface area contributed by atoms with Gasteiger partial charge in [-0.05, 0) is 31.1 Å². The van der Waals surface area contributed by atoms with E-state index in [2.05, 4.69) is 4.98 Å². The normalized spacial score (nSPS) is 14.3. The van der Waals surface area contributed by atoms with Crippen molar-refractivity contribution in [3.63, 3.8) is 0 Å². The second-order valence-electron chi connectivity index (χ2n) is 4.87. The number of hydrogen-bond donors (Lipinski definition) is 1. The molecule has 0 aliphatic carbocycles. The highest BCUT2D eigenvalue weighted by atomic mass is 32.1. The fraction of sp³-hybridized carbons (Fsp3) is 0.462. The van der Waals surface area contributed by atoms with Crippen molar-refractivity contribution in [2.75, 3.05) is 13.2 Å². The summed E-state index contributed by atoms with van der Waals surface area (Å²) in [6.45, 7) is 3.20. The van der Waals surface area contributed by atoms with E-state index < -0.39 is 0 Å². The van der Waals surface area contributed by atoms with Crippen molar-refractivity contribution < 1.29 is 9.53 Å². The number of amides is 1. The van der Waals surface area contributed by atoms with Crippen molar-refractivity contribution in [2.24, 2.45) is 7.05 Å². The van der Waals surface area contributed by atoms with Gasteiger partial charge in [-0.25, -0.2) is 4.79 Å². The van der Waals surface area contributed by atoms with Gasteiger partial charge < -0.3 is 14.6 Å². The maximum atomic E-state index is 12.4. The third-order valence-electron chi connectivity index (χ3n) is 3.63. The Morgan fingerprint density at radius 1 is 1.52 bits per heavy atom. The molecule has 0 aromatic carbocycles. The maximum absolute atomic E-state index is 12.4. The smallest absolute Gasteiger partial charge is 0.410 e. The lowest BCUT2D eigenvalue weighted by Gasteiger charge is -2.25. The average molecular weight is 325 g/mol. The van der Waals surface area contributed by atoms with Gasteiger partial charge in [0.2, 0.25) is 0 Å². The van der Waals surface area contributed by atoms with E-state index in [1.807, 2.05) is 0 Å². The van der Waals surface area contributed by atoms with Crippen LogP contribution in [0.25, 0.3) is 10.2 Å². The number of aromatic nitrogens is 2. The van der Waals surface area contributed by atoms with Crippen LogP contribution >= 0.6 is 23.6 Å². The number of nitrogens with one attached hydrogen (secondary N) is 1. The van der Waals surface area contributed by atoms with Crippen LogP contribution in [0.3, 0.4) is 0 Å². The summed E-state index contributed by atoms with van der Waals surface area (Å²) in [6.07, 6.45) is 0.357. The van der Waals surface area contributed by atoms with Crippen LogP contribution in [0.2, 0.25) is 0 Å². The summed E-state index contributed by atoms with van der Waals surface area (Å²) in [4.78, 5) is 30.8. The fourth-order valence-corrected chi connectivity index (χ4v) is 4.03. The molecule has 0 saturated heterocycles. The average Bonchev–Trinajstić information content (AvgIpc) is 2.82. The molecule has 1 aliphatic rings. The highest BCUT2D eigenvalue weighted by Crippen LogP contribution is 2.32. The van der Waals surface area contributed by atoms with Gasteiger partial charge in [0.05, 0.1) is 18.5 Å². The number of thiophene rings is 1. The van der Waals surface area contributed by atoms with E-state index in [1.165, 1.54) is 15.9 Å². The van der Waals surface area contributed by atoms with Crippen LogP contribution in [0.4, 0.5) is 4.79 Å². The predicted molar refractivity (Wildman–Crippen MR) is 83.4 cm³/mol. The number of aromatic amines is 1. The first-order valence-corrected chi connectivity index (χ1v) is 7.90. The van der Waals surface area contributed by atoms with E-state index in [9.17, 15) is 9.59 Å². The SMILES string of the molecule is CCOC(=O)N1CCc2c(sc3[nH]c(=S)n(C)c(=O)c23)C1. The molecule has 1 N–H and O–H groups in total. The lowest BCUT2D eigenvalue weighted by Crippen LogP contribution is -2.36. The van der Waals surface area contributed by atoms with Gasteiger partial charge in [-0.15, -0.1) is 11.3 Å². The molecule has 8 heteroatoms. The molecule has 0 unspecified atom stereocenters. The van der Waals surface area contributed by atoms with Crippen molar-refractivity contribution in [3.05, 3.63) is 25.6 Å². The predicted octanol–water partition coefficient (Wildman–Crippen LogP) is 2.17. The molecule has 6 nitrogen and oxygen atoms in total. The van der Waals surface area contributed by atoms with E-state index >= 15 is 0 Å². The quantitative estimate of drug-likeness (QED) is 0.816. The van der Waals surface area contributed by atoms with E-state index in [1.54, 1.807) is 18.9 Å². The van der Waals surface area contributed by atoms with Crippen molar-refractivity contribution in [2.45, 2.75) is 19.9 Å². The summed E-state index contributed by atoms with van der Waals surface area (Å²) in [5.74, 6) is 0. The van der Waals surface area contributed by atoms with Gasteiger partial charge in [-0.1, -0.05) is 0 Å². The number of fused-ring (bicyclic) bond motifs is 3. The third kappa shape index (κ3) is 2.28. The topological polar surface area (TPSA) is 67.3 Å². The first kappa shape index (κ1) is 14.3. The molecule has 0 saturated carbocycles. The van der Waals surface area contributed by atoms with Crippen molar-refractivity contribution in [3.8, 4) is 0 Å². The summed E-state index contributed by atoms with van der Waals surface area (Å²) >= 11 is 6.63. The molecule has 112 valence electrons. The Labute approximate surface area is 130 Å². The van der Waals surface area contributed by atoms with Crippen LogP contribution in [0.15, 0.2) is 4.79 Å². The van der Waals surface area contributed by atoms with Crippen LogP contribution in [-0.4, -0.2) is 33.7 Å². The third-order valence-corrected chi connectivity index (χ3v) is 5.13. The Balaban J connectivity index is 2.07. The summed E-state index contributed by atoms with van der Waals surface area (Å²) in [5.41, 5.74) is 0.957. The summed E-state index contributed by atoms with van der Waals surface area (Å²) in [7, 11) is 1.67. The zero-order chi connectivity index (χ0) is 15.1. The van der Waals surface area contributed by atoms with Crippen molar-refractivity contribution >= 4 is 39.9 Å². The van der Waals surface area contributed by atoms with Crippen molar-refractivity contribution in [1.82, 2.24) is 14.5 Å². The van der Waals surface area contributed by atoms with Gasteiger partial charge in [-0.2, -0.15) is 0 Å². The zero-order valence-electron chi connectivity index (χ0n) is 11.8. The first-order chi connectivity index (χ1) is 10.0. The van der Waals surface area contributed by atoms with Gasteiger partial charge >= 0.3 is 6.09 Å². The molecule has 3 heterocycles. The number of rotatable bonds is 1. The van der Waals surface area contributed by atoms with Crippen LogP contribution in [0, 0.1) is 4.77 Å². The number of carbonyl (C=O) groups is 1. The number of carbonyl (C=O) groups excluding carboxylic acids is 1. The molecule has 21 heavy (non-hydrogen) atoms. The molecular formula is C13H15N3O3S2. The van der Waals surface area contributed by atoms with E-state index in [0.29, 0.717) is 36.3 Å². The molecule has 0 radical (unpaired) electrons. The largest absolute Gasteiger partial charge is 0.450 e. The van der Waals surface area contributed by atoms with Gasteiger partial charge in [0, 0.05) is 18.5 Å². The van der Waals surface area contributed by atoms with Crippen LogP contribution in [0.1, 0.15) is 17.4 Å². The van der Waals surface area contributed by atoms with Gasteiger partial charge in [0.1, 0.15) is 4.83 Å². The zero-order valence-corrected chi connectivity index (χ0v) is 13.4. The molecule has 1 aliphatic heterocycles. The van der Waals surface area contributed by atoms with E-state index in [0.717, 1.165) is 15.3 Å². The fourth-order valence-electron chi connectivity index (χ4n) is 2.53. The lowest BCUT2D eigenvalue weighted by molar-refractivity contribution is 0.103. The molecular weight excluding hydrogens is 310 g/mol. The highest BCUT2D eigenvalue weighted by Gasteiger charge is 2.26. The van der Waals surface area contributed by atoms with Gasteiger partial charge in [0.15, 0.2) is 4.77 Å². The van der Waals surface area contributed by atoms with Crippen molar-refractivity contribution in [1.29, 1.82) is 0 Å². The second-order valence-corrected chi connectivity index (χ2v) is 6.36. The van der Waals surface area contributed by atoms with Gasteiger partial charge in [-0.3, -0.25) is 9.36 Å². The summed E-state index contributed by atoms with van der Waals surface area (Å²) < 4.78 is 6.89. The Kier molecular flexibility index (Phi) is 3.58. The maximum Gasteiger partial charge on any atom is 0.410 e. The number of hydrogen-bond acceptors (Lipinski definition) is 5. The molecule has 0 fully saturated rings. The molecule has 1 amide bonds. The lowest BCUT2D eigenvalue weighted by atomic mass is 10.1. The standard InChI is InChI=1S/C13H15N3O3S2/c1-3-19-13(18)16-5-4-7-8(6-16)21-10-9(7)11(17)15(2)12(20)14-10/h3-6H2,1-2H3,(H,14,20). The first-order valence-electron chi connectivity index (χ1n) is 6.68. The molecule has 2 aromatic rings. The number of ether oxygens (including phenoxy) is 1. The Bertz CT molecular complexity index is 834. The summed E-state index contributed by atoms with van der Waals surface area (Å²) in [6, 6.07) is 0. The number of nitrogens with zero attached hydrogens (tertiary/aromatic N) is 2. The molecule has 2 aromatic heterocycles. The Hall–Kier alpha value is -1.67. The minimum atomic E-state index is -0.304. The molecule has 0 bridgehead atoms. The second kappa shape index (κ2) is 5.27. The van der Waals surface area contributed by atoms with E-state index in [-0.39, 0.29) is 11.7 Å². The van der Waals surface area contributed by atoms with E-state index in [4.69, 9.17) is 17.0 Å². The summed E-state index contributed by atoms with van der Waals surface area (Å²) in [5, 5.41) is 0.703. The molecule has 0 atom stereocenters. The molecule has 3 rings (SSSR count). The monoisotopic (exact) mass is 325 g/mol.